The van der Waals surface area contributed by atoms with E-state index in [1.807, 2.05) is 13.8 Å². The lowest BCUT2D eigenvalue weighted by atomic mass is 10.1. The second kappa shape index (κ2) is 4.29. The lowest BCUT2D eigenvalue weighted by molar-refractivity contribution is -0.131. The van der Waals surface area contributed by atoms with Crippen molar-refractivity contribution in [3.63, 3.8) is 0 Å². The Hall–Kier alpha value is -0.580. The Labute approximate surface area is 85.2 Å². The molecule has 82 valence electrons. The van der Waals surface area contributed by atoms with Crippen LogP contribution in [0.25, 0.3) is 0 Å². The zero-order valence-corrected chi connectivity index (χ0v) is 9.51. The maximum atomic E-state index is 11.6. The Bertz CT molecular complexity index is 308. The number of sulfone groups is 1. The second-order valence-electron chi connectivity index (χ2n) is 4.19. The minimum absolute atomic E-state index is 0.0386. The summed E-state index contributed by atoms with van der Waals surface area (Å²) in [5.41, 5.74) is 0. The third-order valence-corrected chi connectivity index (χ3v) is 3.79. The third-order valence-electron chi connectivity index (χ3n) is 2.17. The fourth-order valence-electron chi connectivity index (χ4n) is 1.52. The molecule has 0 atom stereocenters. The Kier molecular flexibility index (Phi) is 3.53. The minimum atomic E-state index is -3.01. The van der Waals surface area contributed by atoms with Gasteiger partial charge in [-0.3, -0.25) is 4.79 Å². The van der Waals surface area contributed by atoms with Gasteiger partial charge < -0.3 is 4.90 Å². The first-order chi connectivity index (χ1) is 6.41. The fourth-order valence-corrected chi connectivity index (χ4v) is 2.96. The topological polar surface area (TPSA) is 54.5 Å². The second-order valence-corrected chi connectivity index (χ2v) is 6.34. The molecule has 4 nitrogen and oxygen atoms in total. The summed E-state index contributed by atoms with van der Waals surface area (Å²) >= 11 is 0. The van der Waals surface area contributed by atoms with Crippen molar-refractivity contribution >= 4 is 15.7 Å². The van der Waals surface area contributed by atoms with Crippen LogP contribution in [0.5, 0.6) is 0 Å². The van der Waals surface area contributed by atoms with E-state index in [1.54, 1.807) is 0 Å². The van der Waals surface area contributed by atoms with E-state index in [4.69, 9.17) is 0 Å². The first-order valence-electron chi connectivity index (χ1n) is 4.89. The third kappa shape index (κ3) is 3.29. The Morgan fingerprint density at radius 2 is 2.07 bits per heavy atom. The predicted molar refractivity (Wildman–Crippen MR) is 54.4 cm³/mol. The fraction of sp³-hybridized carbons (Fsp3) is 0.889. The van der Waals surface area contributed by atoms with E-state index in [0.717, 1.165) is 0 Å². The van der Waals surface area contributed by atoms with Gasteiger partial charge in [0.15, 0.2) is 9.84 Å². The Morgan fingerprint density at radius 1 is 1.43 bits per heavy atom. The van der Waals surface area contributed by atoms with E-state index in [-0.39, 0.29) is 23.5 Å². The number of carbonyl (C=O) groups excluding carboxylic acids is 1. The maximum Gasteiger partial charge on any atom is 0.223 e. The summed E-state index contributed by atoms with van der Waals surface area (Å²) in [6, 6.07) is 0. The average Bonchev–Trinajstić information content (AvgIpc) is 2.01. The molecule has 0 aromatic carbocycles. The molecule has 0 bridgehead atoms. The maximum absolute atomic E-state index is 11.6. The van der Waals surface area contributed by atoms with Crippen LogP contribution >= 0.6 is 0 Å². The zero-order valence-electron chi connectivity index (χ0n) is 8.69. The van der Waals surface area contributed by atoms with Gasteiger partial charge in [-0.05, 0) is 12.3 Å². The molecule has 1 aliphatic rings. The van der Waals surface area contributed by atoms with Gasteiger partial charge >= 0.3 is 0 Å². The van der Waals surface area contributed by atoms with Gasteiger partial charge in [0.25, 0.3) is 0 Å². The van der Waals surface area contributed by atoms with Crippen LogP contribution in [-0.2, 0) is 14.6 Å². The van der Waals surface area contributed by atoms with Crippen molar-refractivity contribution in [3.8, 4) is 0 Å². The number of carbonyl (C=O) groups is 1. The molecule has 1 saturated heterocycles. The predicted octanol–water partition coefficient (Wildman–Crippen LogP) is 0.637. The summed E-state index contributed by atoms with van der Waals surface area (Å²) in [7, 11) is -3.01. The number of amides is 1. The Morgan fingerprint density at radius 3 is 2.57 bits per heavy atom. The van der Waals surface area contributed by atoms with Gasteiger partial charge in [-0.1, -0.05) is 13.8 Å². The van der Waals surface area contributed by atoms with Crippen LogP contribution in [0, 0.1) is 5.92 Å². The van der Waals surface area contributed by atoms with Gasteiger partial charge in [0.05, 0.1) is 5.75 Å². The van der Waals surface area contributed by atoms with Gasteiger partial charge in [0.2, 0.25) is 5.91 Å². The molecule has 1 amide bonds. The van der Waals surface area contributed by atoms with Crippen molar-refractivity contribution in [2.75, 3.05) is 18.2 Å². The summed E-state index contributed by atoms with van der Waals surface area (Å²) < 4.78 is 22.5. The minimum Gasteiger partial charge on any atom is -0.328 e. The molecule has 0 saturated carbocycles. The van der Waals surface area contributed by atoms with Crippen molar-refractivity contribution < 1.29 is 13.2 Å². The molecule has 0 aromatic heterocycles. The molecule has 14 heavy (non-hydrogen) atoms. The van der Waals surface area contributed by atoms with Crippen LogP contribution < -0.4 is 0 Å². The van der Waals surface area contributed by atoms with Crippen molar-refractivity contribution in [1.82, 2.24) is 4.90 Å². The molecule has 0 unspecified atom stereocenters. The molecule has 0 aromatic rings. The highest BCUT2D eigenvalue weighted by Gasteiger charge is 2.25. The largest absolute Gasteiger partial charge is 0.328 e. The van der Waals surface area contributed by atoms with E-state index < -0.39 is 9.84 Å². The molecule has 1 rings (SSSR count). The number of nitrogens with zero attached hydrogens (tertiary/aromatic N) is 1. The number of hydrogen-bond donors (Lipinski definition) is 0. The van der Waals surface area contributed by atoms with Crippen LogP contribution in [0.2, 0.25) is 0 Å². The number of hydrogen-bond acceptors (Lipinski definition) is 3. The first-order valence-corrected chi connectivity index (χ1v) is 6.71. The molecular formula is C9H17NO3S. The van der Waals surface area contributed by atoms with Gasteiger partial charge in [-0.25, -0.2) is 8.42 Å². The molecule has 0 radical (unpaired) electrons. The van der Waals surface area contributed by atoms with Gasteiger partial charge in [0, 0.05) is 13.0 Å². The SMILES string of the molecule is CC(C)CC(=O)N1CCCS(=O)(=O)C1. The van der Waals surface area contributed by atoms with Gasteiger partial charge in [0.1, 0.15) is 5.88 Å². The average molecular weight is 219 g/mol. The van der Waals surface area contributed by atoms with Crippen LogP contribution in [0.15, 0.2) is 0 Å². The van der Waals surface area contributed by atoms with E-state index in [1.165, 1.54) is 4.90 Å². The van der Waals surface area contributed by atoms with Crippen molar-refractivity contribution in [2.45, 2.75) is 26.7 Å². The van der Waals surface area contributed by atoms with Crippen molar-refractivity contribution in [3.05, 3.63) is 0 Å². The van der Waals surface area contributed by atoms with Crippen LogP contribution in [-0.4, -0.2) is 37.4 Å². The standard InChI is InChI=1S/C9H17NO3S/c1-8(2)6-9(11)10-4-3-5-14(12,13)7-10/h8H,3-7H2,1-2H3. The van der Waals surface area contributed by atoms with Crippen LogP contribution in [0.3, 0.4) is 0 Å². The molecule has 1 aliphatic heterocycles. The summed E-state index contributed by atoms with van der Waals surface area (Å²) in [5, 5.41) is 0. The highest BCUT2D eigenvalue weighted by molar-refractivity contribution is 7.91. The summed E-state index contributed by atoms with van der Waals surface area (Å²) in [6.45, 7) is 4.50. The normalized spacial score (nSPS) is 21.2. The lowest BCUT2D eigenvalue weighted by Gasteiger charge is -2.27. The molecule has 5 heteroatoms. The smallest absolute Gasteiger partial charge is 0.223 e. The van der Waals surface area contributed by atoms with E-state index in [0.29, 0.717) is 19.4 Å². The van der Waals surface area contributed by atoms with Crippen molar-refractivity contribution in [1.29, 1.82) is 0 Å². The highest BCUT2D eigenvalue weighted by Crippen LogP contribution is 2.11. The van der Waals surface area contributed by atoms with Gasteiger partial charge in [-0.2, -0.15) is 0 Å². The van der Waals surface area contributed by atoms with Crippen LogP contribution in [0.1, 0.15) is 26.7 Å². The molecule has 0 spiro atoms. The molecule has 0 N–H and O–H groups in total. The van der Waals surface area contributed by atoms with Gasteiger partial charge in [-0.15, -0.1) is 0 Å². The molecular weight excluding hydrogens is 202 g/mol. The van der Waals surface area contributed by atoms with E-state index in [9.17, 15) is 13.2 Å². The molecule has 0 aliphatic carbocycles. The summed E-state index contributed by atoms with van der Waals surface area (Å²) in [4.78, 5) is 13.0. The molecule has 1 fully saturated rings. The van der Waals surface area contributed by atoms with Crippen LogP contribution in [0.4, 0.5) is 0 Å². The van der Waals surface area contributed by atoms with E-state index >= 15 is 0 Å². The Balaban J connectivity index is 2.57. The summed E-state index contributed by atoms with van der Waals surface area (Å²) in [6.07, 6.45) is 1.02. The number of rotatable bonds is 2. The first kappa shape index (κ1) is 11.5. The lowest BCUT2D eigenvalue weighted by Crippen LogP contribution is -2.42. The van der Waals surface area contributed by atoms with E-state index in [2.05, 4.69) is 0 Å². The monoisotopic (exact) mass is 219 g/mol. The summed E-state index contributed by atoms with van der Waals surface area (Å²) in [5.74, 6) is 0.382. The highest BCUT2D eigenvalue weighted by atomic mass is 32.2. The molecule has 1 heterocycles. The van der Waals surface area contributed by atoms with Crippen molar-refractivity contribution in [2.24, 2.45) is 5.92 Å². The zero-order chi connectivity index (χ0) is 10.8. The quantitative estimate of drug-likeness (QED) is 0.684.